The van der Waals surface area contributed by atoms with Gasteiger partial charge in [-0.3, -0.25) is 4.79 Å². The number of hydrogen-bond donors (Lipinski definition) is 2. The number of nitrogens with one attached hydrogen (secondary N) is 1. The van der Waals surface area contributed by atoms with Crippen LogP contribution in [0.15, 0.2) is 0 Å². The third-order valence-electron chi connectivity index (χ3n) is 2.05. The third kappa shape index (κ3) is 3.88. The Morgan fingerprint density at radius 1 is 1.41 bits per heavy atom. The molecule has 8 heteroatoms. The van der Waals surface area contributed by atoms with Crippen LogP contribution in [-0.4, -0.2) is 36.2 Å². The predicted octanol–water partition coefficient (Wildman–Crippen LogP) is 0.334. The van der Waals surface area contributed by atoms with Gasteiger partial charge in [0.2, 0.25) is 5.91 Å². The van der Waals surface area contributed by atoms with E-state index in [9.17, 15) is 22.8 Å². The van der Waals surface area contributed by atoms with E-state index in [1.165, 1.54) is 13.8 Å². The molecule has 1 amide bonds. The fourth-order valence-electron chi connectivity index (χ4n) is 0.801. The molecule has 2 atom stereocenters. The average Bonchev–Trinajstić information content (AvgIpc) is 2.15. The summed E-state index contributed by atoms with van der Waals surface area (Å²) in [7, 11) is 0. The normalized spacial score (nSPS) is 16.9. The molecule has 0 aliphatic carbocycles. The fraction of sp³-hybridized carbons (Fsp3) is 0.778. The van der Waals surface area contributed by atoms with E-state index in [1.54, 1.807) is 0 Å². The second kappa shape index (κ2) is 5.35. The van der Waals surface area contributed by atoms with E-state index in [0.29, 0.717) is 6.92 Å². The first kappa shape index (κ1) is 15.7. The van der Waals surface area contributed by atoms with Crippen molar-refractivity contribution in [2.45, 2.75) is 38.5 Å². The number of carbonyl (C=O) groups is 2. The Labute approximate surface area is 96.5 Å². The van der Waals surface area contributed by atoms with Crippen LogP contribution in [-0.2, 0) is 14.3 Å². The molecule has 0 heterocycles. The van der Waals surface area contributed by atoms with E-state index in [2.05, 4.69) is 4.74 Å². The Bertz CT molecular complexity index is 302. The van der Waals surface area contributed by atoms with Crippen LogP contribution in [0.1, 0.15) is 20.8 Å². The molecule has 0 spiro atoms. The number of esters is 1. The van der Waals surface area contributed by atoms with E-state index in [0.717, 1.165) is 0 Å². The minimum Gasteiger partial charge on any atom is -0.464 e. The Hall–Kier alpha value is -1.31. The summed E-state index contributed by atoms with van der Waals surface area (Å²) in [6, 6.07) is -1.19. The average molecular weight is 256 g/mol. The molecule has 0 fully saturated rings. The number of hydrogen-bond acceptors (Lipinski definition) is 4. The summed E-state index contributed by atoms with van der Waals surface area (Å²) < 4.78 is 41.7. The molecule has 0 saturated heterocycles. The van der Waals surface area contributed by atoms with Gasteiger partial charge in [0.1, 0.15) is 6.04 Å². The second-order valence-electron chi connectivity index (χ2n) is 3.65. The number of carbonyl (C=O) groups excluding carboxylic acids is 2. The van der Waals surface area contributed by atoms with Crippen molar-refractivity contribution >= 4 is 11.9 Å². The van der Waals surface area contributed by atoms with Gasteiger partial charge >= 0.3 is 12.1 Å². The summed E-state index contributed by atoms with van der Waals surface area (Å²) >= 11 is 0. The molecule has 3 N–H and O–H groups in total. The van der Waals surface area contributed by atoms with Crippen molar-refractivity contribution in [1.82, 2.24) is 5.32 Å². The molecule has 0 aliphatic rings. The van der Waals surface area contributed by atoms with Crippen LogP contribution in [0.2, 0.25) is 0 Å². The lowest BCUT2D eigenvalue weighted by Gasteiger charge is -2.27. The molecule has 0 aliphatic heterocycles. The number of ether oxygens (including phenoxy) is 1. The number of nitrogens with two attached hydrogens (primary N) is 1. The van der Waals surface area contributed by atoms with Crippen molar-refractivity contribution in [3.8, 4) is 0 Å². The second-order valence-corrected chi connectivity index (χ2v) is 3.65. The highest BCUT2D eigenvalue weighted by molar-refractivity contribution is 5.90. The first-order valence-corrected chi connectivity index (χ1v) is 4.87. The van der Waals surface area contributed by atoms with Gasteiger partial charge in [-0.15, -0.1) is 0 Å². The summed E-state index contributed by atoms with van der Waals surface area (Å²) in [5, 5.41) is 1.85. The van der Waals surface area contributed by atoms with Crippen LogP contribution >= 0.6 is 0 Å². The first-order valence-electron chi connectivity index (χ1n) is 4.87. The Morgan fingerprint density at radius 3 is 2.24 bits per heavy atom. The van der Waals surface area contributed by atoms with Gasteiger partial charge in [-0.2, -0.15) is 13.2 Å². The van der Waals surface area contributed by atoms with Crippen molar-refractivity contribution in [2.24, 2.45) is 5.73 Å². The predicted molar refractivity (Wildman–Crippen MR) is 52.9 cm³/mol. The van der Waals surface area contributed by atoms with Gasteiger partial charge in [0.15, 0.2) is 5.54 Å². The van der Waals surface area contributed by atoms with E-state index in [-0.39, 0.29) is 6.61 Å². The minimum absolute atomic E-state index is 0.0677. The van der Waals surface area contributed by atoms with Crippen molar-refractivity contribution in [1.29, 1.82) is 0 Å². The lowest BCUT2D eigenvalue weighted by atomic mass is 10.0. The number of alkyl halides is 3. The van der Waals surface area contributed by atoms with Gasteiger partial charge in [-0.1, -0.05) is 0 Å². The summed E-state index contributed by atoms with van der Waals surface area (Å²) in [5.74, 6) is -2.30. The Morgan fingerprint density at radius 2 is 1.88 bits per heavy atom. The molecule has 100 valence electrons. The third-order valence-corrected chi connectivity index (χ3v) is 2.05. The highest BCUT2D eigenvalue weighted by Gasteiger charge is 2.54. The van der Waals surface area contributed by atoms with E-state index in [1.807, 2.05) is 5.32 Å². The van der Waals surface area contributed by atoms with Gasteiger partial charge in [0.25, 0.3) is 0 Å². The van der Waals surface area contributed by atoms with E-state index < -0.39 is 29.6 Å². The molecule has 0 saturated carbocycles. The Kier molecular flexibility index (Phi) is 4.94. The largest absolute Gasteiger partial charge is 0.464 e. The van der Waals surface area contributed by atoms with Crippen LogP contribution in [0.5, 0.6) is 0 Å². The molecule has 17 heavy (non-hydrogen) atoms. The standard InChI is InChI=1S/C9H15F3N2O3/c1-4-17-6(15)5(2)14-7(16)8(3,13)9(10,11)12/h5H,4,13H2,1-3H3,(H,14,16). The highest BCUT2D eigenvalue weighted by atomic mass is 19.4. The van der Waals surface area contributed by atoms with Crippen molar-refractivity contribution in [3.05, 3.63) is 0 Å². The van der Waals surface area contributed by atoms with E-state index >= 15 is 0 Å². The summed E-state index contributed by atoms with van der Waals surface area (Å²) in [5.41, 5.74) is 1.82. The molecule has 5 nitrogen and oxygen atoms in total. The molecular weight excluding hydrogens is 241 g/mol. The van der Waals surface area contributed by atoms with Crippen LogP contribution < -0.4 is 11.1 Å². The number of halogens is 3. The molecule has 0 radical (unpaired) electrons. The minimum atomic E-state index is -4.90. The Balaban J connectivity index is 4.61. The van der Waals surface area contributed by atoms with Gasteiger partial charge in [-0.05, 0) is 20.8 Å². The fourth-order valence-corrected chi connectivity index (χ4v) is 0.801. The molecule has 0 bridgehead atoms. The van der Waals surface area contributed by atoms with Crippen LogP contribution in [0.4, 0.5) is 13.2 Å². The quantitative estimate of drug-likeness (QED) is 0.710. The summed E-state index contributed by atoms with van der Waals surface area (Å²) in [6.45, 7) is 3.34. The van der Waals surface area contributed by atoms with Crippen molar-refractivity contribution < 1.29 is 27.5 Å². The zero-order valence-corrected chi connectivity index (χ0v) is 9.72. The van der Waals surface area contributed by atoms with Gasteiger partial charge < -0.3 is 15.8 Å². The van der Waals surface area contributed by atoms with Gasteiger partial charge in [0, 0.05) is 0 Å². The molecule has 0 aromatic carbocycles. The lowest BCUT2D eigenvalue weighted by molar-refractivity contribution is -0.188. The lowest BCUT2D eigenvalue weighted by Crippen LogP contribution is -2.63. The topological polar surface area (TPSA) is 81.4 Å². The SMILES string of the molecule is CCOC(=O)C(C)NC(=O)C(C)(N)C(F)(F)F. The number of amides is 1. The van der Waals surface area contributed by atoms with Gasteiger partial charge in [0.05, 0.1) is 6.61 Å². The smallest absolute Gasteiger partial charge is 0.415 e. The maximum Gasteiger partial charge on any atom is 0.415 e. The maximum atomic E-state index is 12.4. The van der Waals surface area contributed by atoms with Crippen LogP contribution in [0, 0.1) is 0 Å². The molecular formula is C9H15F3N2O3. The molecule has 0 aromatic heterocycles. The maximum absolute atomic E-state index is 12.4. The highest BCUT2D eigenvalue weighted by Crippen LogP contribution is 2.27. The van der Waals surface area contributed by atoms with Crippen LogP contribution in [0.3, 0.4) is 0 Å². The van der Waals surface area contributed by atoms with Crippen molar-refractivity contribution in [2.75, 3.05) is 6.61 Å². The van der Waals surface area contributed by atoms with Crippen molar-refractivity contribution in [3.63, 3.8) is 0 Å². The monoisotopic (exact) mass is 256 g/mol. The summed E-state index contributed by atoms with van der Waals surface area (Å²) in [4.78, 5) is 22.4. The summed E-state index contributed by atoms with van der Waals surface area (Å²) in [6.07, 6.45) is -4.90. The zero-order chi connectivity index (χ0) is 13.9. The number of rotatable bonds is 4. The molecule has 0 aromatic rings. The first-order chi connectivity index (χ1) is 7.54. The van der Waals surface area contributed by atoms with Crippen LogP contribution in [0.25, 0.3) is 0 Å². The van der Waals surface area contributed by atoms with Gasteiger partial charge in [-0.25, -0.2) is 4.79 Å². The zero-order valence-electron chi connectivity index (χ0n) is 9.72. The van der Waals surface area contributed by atoms with E-state index in [4.69, 9.17) is 5.73 Å². The molecule has 2 unspecified atom stereocenters. The molecule has 0 rings (SSSR count).